The highest BCUT2D eigenvalue weighted by molar-refractivity contribution is 5.38. The third kappa shape index (κ3) is 4.72. The summed E-state index contributed by atoms with van der Waals surface area (Å²) in [7, 11) is 1.82. The van der Waals surface area contributed by atoms with Gasteiger partial charge in [-0.1, -0.05) is 20.3 Å². The maximum Gasteiger partial charge on any atom is 0.323 e. The van der Waals surface area contributed by atoms with Gasteiger partial charge in [-0.05, 0) is 31.6 Å². The molecule has 0 spiro atoms. The smallest absolute Gasteiger partial charge is 0.323 e. The van der Waals surface area contributed by atoms with E-state index >= 15 is 0 Å². The van der Waals surface area contributed by atoms with Gasteiger partial charge in [-0.3, -0.25) is 0 Å². The minimum absolute atomic E-state index is 0.429. The minimum atomic E-state index is 0.429. The summed E-state index contributed by atoms with van der Waals surface area (Å²) in [4.78, 5) is 15.4. The first-order valence-electron chi connectivity index (χ1n) is 8.04. The second-order valence-electron chi connectivity index (χ2n) is 5.74. The zero-order valence-corrected chi connectivity index (χ0v) is 13.4. The van der Waals surface area contributed by atoms with Gasteiger partial charge >= 0.3 is 6.01 Å². The van der Waals surface area contributed by atoms with Gasteiger partial charge < -0.3 is 15.0 Å². The summed E-state index contributed by atoms with van der Waals surface area (Å²) in [5.41, 5.74) is 0. The molecule has 6 heteroatoms. The van der Waals surface area contributed by atoms with Crippen molar-refractivity contribution in [3.8, 4) is 6.01 Å². The van der Waals surface area contributed by atoms with Crippen LogP contribution in [0.4, 0.5) is 11.9 Å². The molecule has 6 nitrogen and oxygen atoms in total. The molecule has 1 atom stereocenters. The fourth-order valence-electron chi connectivity index (χ4n) is 2.55. The van der Waals surface area contributed by atoms with E-state index in [1.54, 1.807) is 0 Å². The summed E-state index contributed by atoms with van der Waals surface area (Å²) in [6.07, 6.45) is 6.01. The fraction of sp³-hybridized carbons (Fsp3) is 0.800. The zero-order chi connectivity index (χ0) is 15.1. The van der Waals surface area contributed by atoms with E-state index in [4.69, 9.17) is 4.74 Å². The molecule has 0 aromatic carbocycles. The van der Waals surface area contributed by atoms with E-state index in [-0.39, 0.29) is 0 Å². The van der Waals surface area contributed by atoms with Crippen molar-refractivity contribution < 1.29 is 4.74 Å². The van der Waals surface area contributed by atoms with Crippen molar-refractivity contribution in [2.75, 3.05) is 37.0 Å². The van der Waals surface area contributed by atoms with E-state index in [1.807, 2.05) is 7.05 Å². The molecule has 1 fully saturated rings. The normalized spacial score (nSPS) is 16.6. The molecule has 1 unspecified atom stereocenters. The van der Waals surface area contributed by atoms with Crippen molar-refractivity contribution in [3.05, 3.63) is 0 Å². The van der Waals surface area contributed by atoms with Crippen LogP contribution in [-0.4, -0.2) is 41.7 Å². The Kier molecular flexibility index (Phi) is 6.02. The maximum absolute atomic E-state index is 5.77. The maximum atomic E-state index is 5.77. The molecule has 0 bridgehead atoms. The van der Waals surface area contributed by atoms with Crippen LogP contribution < -0.4 is 15.0 Å². The first kappa shape index (κ1) is 15.8. The number of hydrogen-bond acceptors (Lipinski definition) is 6. The van der Waals surface area contributed by atoms with Gasteiger partial charge in [0.2, 0.25) is 11.9 Å². The Morgan fingerprint density at radius 3 is 2.62 bits per heavy atom. The Bertz CT molecular complexity index is 434. The third-order valence-corrected chi connectivity index (χ3v) is 3.74. The monoisotopic (exact) mass is 293 g/mol. The van der Waals surface area contributed by atoms with Gasteiger partial charge in [-0.25, -0.2) is 0 Å². The van der Waals surface area contributed by atoms with Crippen molar-refractivity contribution in [2.24, 2.45) is 5.92 Å². The van der Waals surface area contributed by atoms with E-state index < -0.39 is 0 Å². The molecule has 1 N–H and O–H groups in total. The van der Waals surface area contributed by atoms with Gasteiger partial charge in [0.25, 0.3) is 0 Å². The van der Waals surface area contributed by atoms with Crippen LogP contribution in [0.2, 0.25) is 0 Å². The Balaban J connectivity index is 2.05. The fourth-order valence-corrected chi connectivity index (χ4v) is 2.55. The predicted octanol–water partition coefficient (Wildman–Crippen LogP) is 2.72. The van der Waals surface area contributed by atoms with Crippen LogP contribution in [0.15, 0.2) is 0 Å². The number of nitrogens with one attached hydrogen (secondary N) is 1. The van der Waals surface area contributed by atoms with Gasteiger partial charge in [-0.15, -0.1) is 0 Å². The van der Waals surface area contributed by atoms with Gasteiger partial charge in [0, 0.05) is 20.1 Å². The number of rotatable bonds is 7. The summed E-state index contributed by atoms with van der Waals surface area (Å²) in [5, 5.41) is 2.99. The molecule has 1 aliphatic heterocycles. The van der Waals surface area contributed by atoms with E-state index in [1.165, 1.54) is 25.7 Å². The van der Waals surface area contributed by atoms with Crippen molar-refractivity contribution in [1.29, 1.82) is 0 Å². The van der Waals surface area contributed by atoms with Crippen LogP contribution in [0.5, 0.6) is 6.01 Å². The lowest BCUT2D eigenvalue weighted by Gasteiger charge is -2.26. The molecule has 0 amide bonds. The third-order valence-electron chi connectivity index (χ3n) is 3.74. The average Bonchev–Trinajstić information content (AvgIpc) is 2.54. The van der Waals surface area contributed by atoms with E-state index in [2.05, 4.69) is 39.0 Å². The predicted molar refractivity (Wildman–Crippen MR) is 85.0 cm³/mol. The highest BCUT2D eigenvalue weighted by atomic mass is 16.5. The molecule has 2 heterocycles. The van der Waals surface area contributed by atoms with Crippen molar-refractivity contribution in [1.82, 2.24) is 15.0 Å². The molecule has 0 saturated carbocycles. The SMILES string of the molecule is CCCC(C)COc1nc(NC)nc(N2CCCCC2)n1. The van der Waals surface area contributed by atoms with Crippen molar-refractivity contribution >= 4 is 11.9 Å². The summed E-state index contributed by atoms with van der Waals surface area (Å²) in [6, 6.07) is 0.429. The Morgan fingerprint density at radius 2 is 1.95 bits per heavy atom. The number of nitrogens with zero attached hydrogens (tertiary/aromatic N) is 4. The highest BCUT2D eigenvalue weighted by Gasteiger charge is 2.16. The first-order chi connectivity index (χ1) is 10.2. The Hall–Kier alpha value is -1.59. The highest BCUT2D eigenvalue weighted by Crippen LogP contribution is 2.19. The van der Waals surface area contributed by atoms with Crippen LogP contribution in [0.25, 0.3) is 0 Å². The molecule has 1 aromatic rings. The summed E-state index contributed by atoms with van der Waals surface area (Å²) in [5.74, 6) is 1.82. The van der Waals surface area contributed by atoms with E-state index in [9.17, 15) is 0 Å². The number of hydrogen-bond donors (Lipinski definition) is 1. The zero-order valence-electron chi connectivity index (χ0n) is 13.4. The van der Waals surface area contributed by atoms with Gasteiger partial charge in [0.1, 0.15) is 0 Å². The lowest BCUT2D eigenvalue weighted by atomic mass is 10.1. The number of aromatic nitrogens is 3. The molecule has 0 radical (unpaired) electrons. The molecular weight excluding hydrogens is 266 g/mol. The quantitative estimate of drug-likeness (QED) is 0.834. The summed E-state index contributed by atoms with van der Waals surface area (Å²) in [6.45, 7) is 7.06. The van der Waals surface area contributed by atoms with E-state index in [0.717, 1.165) is 25.5 Å². The van der Waals surface area contributed by atoms with Gasteiger partial charge in [0.05, 0.1) is 6.61 Å². The van der Waals surface area contributed by atoms with Gasteiger partial charge in [0.15, 0.2) is 0 Å². The Labute approximate surface area is 127 Å². The molecule has 0 aliphatic carbocycles. The second-order valence-corrected chi connectivity index (χ2v) is 5.74. The lowest BCUT2D eigenvalue weighted by Crippen LogP contribution is -2.31. The summed E-state index contributed by atoms with van der Waals surface area (Å²) < 4.78 is 5.77. The molecule has 2 rings (SSSR count). The van der Waals surface area contributed by atoms with Crippen LogP contribution in [-0.2, 0) is 0 Å². The van der Waals surface area contributed by atoms with Crippen LogP contribution in [0.3, 0.4) is 0 Å². The molecular formula is C15H27N5O. The number of piperidine rings is 1. The topological polar surface area (TPSA) is 63.2 Å². The standard InChI is InChI=1S/C15H27N5O/c1-4-8-12(2)11-21-15-18-13(16-3)17-14(19-15)20-9-6-5-7-10-20/h12H,4-11H2,1-3H3,(H,16,17,18,19). The van der Waals surface area contributed by atoms with Gasteiger partial charge in [-0.2, -0.15) is 15.0 Å². The molecule has 1 aliphatic rings. The van der Waals surface area contributed by atoms with Crippen LogP contribution in [0, 0.1) is 5.92 Å². The van der Waals surface area contributed by atoms with Crippen molar-refractivity contribution in [3.63, 3.8) is 0 Å². The Morgan fingerprint density at radius 1 is 1.19 bits per heavy atom. The second kappa shape index (κ2) is 8.00. The number of ether oxygens (including phenoxy) is 1. The summed E-state index contributed by atoms with van der Waals surface area (Å²) >= 11 is 0. The molecule has 1 aromatic heterocycles. The number of anilines is 2. The molecule has 1 saturated heterocycles. The van der Waals surface area contributed by atoms with Crippen LogP contribution in [0.1, 0.15) is 46.0 Å². The molecule has 21 heavy (non-hydrogen) atoms. The average molecular weight is 293 g/mol. The van der Waals surface area contributed by atoms with Crippen LogP contribution >= 0.6 is 0 Å². The van der Waals surface area contributed by atoms with Crippen molar-refractivity contribution in [2.45, 2.75) is 46.0 Å². The minimum Gasteiger partial charge on any atom is -0.463 e. The van der Waals surface area contributed by atoms with E-state index in [0.29, 0.717) is 24.5 Å². The largest absolute Gasteiger partial charge is 0.463 e. The first-order valence-corrected chi connectivity index (χ1v) is 8.04. The lowest BCUT2D eigenvalue weighted by molar-refractivity contribution is 0.233. The molecule has 118 valence electrons.